The Morgan fingerprint density at radius 2 is 2.00 bits per heavy atom. The van der Waals surface area contributed by atoms with E-state index in [0.717, 1.165) is 37.0 Å². The highest BCUT2D eigenvalue weighted by Gasteiger charge is 2.29. The lowest BCUT2D eigenvalue weighted by atomic mass is 9.97. The quantitative estimate of drug-likeness (QED) is 0.723. The first kappa shape index (κ1) is 18.1. The molecule has 2 atom stereocenters. The number of para-hydroxylation sites is 1. The van der Waals surface area contributed by atoms with Gasteiger partial charge in [-0.1, -0.05) is 42.5 Å². The largest absolute Gasteiger partial charge is 0.351 e. The molecule has 27 heavy (non-hydrogen) atoms. The molecule has 3 aromatic rings. The number of aromatic nitrogens is 1. The van der Waals surface area contributed by atoms with Crippen molar-refractivity contribution in [3.8, 4) is 0 Å². The van der Waals surface area contributed by atoms with Crippen LogP contribution in [-0.2, 0) is 11.3 Å². The minimum Gasteiger partial charge on any atom is -0.351 e. The molecular formula is C22H25N3OS. The van der Waals surface area contributed by atoms with Gasteiger partial charge in [-0.25, -0.2) is 4.98 Å². The Balaban J connectivity index is 1.38. The Labute approximate surface area is 164 Å². The summed E-state index contributed by atoms with van der Waals surface area (Å²) in [7, 11) is 0. The summed E-state index contributed by atoms with van der Waals surface area (Å²) in [4.78, 5) is 19.8. The van der Waals surface area contributed by atoms with E-state index < -0.39 is 0 Å². The molecule has 1 aromatic heterocycles. The molecule has 1 saturated heterocycles. The zero-order valence-electron chi connectivity index (χ0n) is 15.6. The predicted octanol–water partition coefficient (Wildman–Crippen LogP) is 4.18. The van der Waals surface area contributed by atoms with E-state index in [1.54, 1.807) is 11.3 Å². The number of amides is 1. The summed E-state index contributed by atoms with van der Waals surface area (Å²) in [5.41, 5.74) is 2.22. The summed E-state index contributed by atoms with van der Waals surface area (Å²) < 4.78 is 1.25. The summed E-state index contributed by atoms with van der Waals surface area (Å²) in [6.07, 6.45) is 2.26. The Morgan fingerprint density at radius 3 is 2.81 bits per heavy atom. The summed E-state index contributed by atoms with van der Waals surface area (Å²) in [5.74, 6) is 0.518. The smallest absolute Gasteiger partial charge is 0.237 e. The van der Waals surface area contributed by atoms with Crippen LogP contribution < -0.4 is 5.32 Å². The molecule has 1 aliphatic heterocycles. The summed E-state index contributed by atoms with van der Waals surface area (Å²) in [6.45, 7) is 4.47. The Hall–Kier alpha value is -2.24. The molecule has 4 nitrogen and oxygen atoms in total. The van der Waals surface area contributed by atoms with Crippen LogP contribution in [0, 0.1) is 0 Å². The van der Waals surface area contributed by atoms with Gasteiger partial charge in [0.1, 0.15) is 0 Å². The number of carbonyl (C=O) groups is 1. The van der Waals surface area contributed by atoms with Crippen LogP contribution in [0.2, 0.25) is 0 Å². The number of benzene rings is 2. The second-order valence-electron chi connectivity index (χ2n) is 7.23. The molecule has 0 unspecified atom stereocenters. The van der Waals surface area contributed by atoms with Crippen molar-refractivity contribution in [1.82, 2.24) is 15.2 Å². The number of rotatable bonds is 5. The van der Waals surface area contributed by atoms with E-state index in [1.165, 1.54) is 9.71 Å². The topological polar surface area (TPSA) is 45.2 Å². The van der Waals surface area contributed by atoms with Gasteiger partial charge in [-0.2, -0.15) is 0 Å². The van der Waals surface area contributed by atoms with E-state index in [4.69, 9.17) is 4.98 Å². The maximum absolute atomic E-state index is 12.6. The fourth-order valence-corrected chi connectivity index (χ4v) is 4.82. The van der Waals surface area contributed by atoms with Gasteiger partial charge < -0.3 is 5.32 Å². The van der Waals surface area contributed by atoms with E-state index in [2.05, 4.69) is 28.4 Å². The molecule has 0 radical (unpaired) electrons. The van der Waals surface area contributed by atoms with Crippen molar-refractivity contribution in [2.24, 2.45) is 0 Å². The first-order valence-electron chi connectivity index (χ1n) is 9.62. The lowest BCUT2D eigenvalue weighted by Gasteiger charge is -2.35. The first-order chi connectivity index (χ1) is 13.2. The molecule has 0 spiro atoms. The molecule has 5 heteroatoms. The Morgan fingerprint density at radius 1 is 1.22 bits per heavy atom. The van der Waals surface area contributed by atoms with Gasteiger partial charge in [0.15, 0.2) is 0 Å². The number of carbonyl (C=O) groups excluding carboxylic acids is 1. The number of hydrogen-bond acceptors (Lipinski definition) is 4. The molecule has 1 aliphatic rings. The number of piperidine rings is 1. The van der Waals surface area contributed by atoms with Gasteiger partial charge >= 0.3 is 0 Å². The lowest BCUT2D eigenvalue weighted by molar-refractivity contribution is -0.126. The third-order valence-corrected chi connectivity index (χ3v) is 6.55. The predicted molar refractivity (Wildman–Crippen MR) is 111 cm³/mol. The van der Waals surface area contributed by atoms with E-state index in [9.17, 15) is 4.79 Å². The minimum absolute atomic E-state index is 0.101. The van der Waals surface area contributed by atoms with Crippen LogP contribution in [0.1, 0.15) is 36.3 Å². The van der Waals surface area contributed by atoms with Crippen LogP contribution in [0.4, 0.5) is 0 Å². The summed E-state index contributed by atoms with van der Waals surface area (Å²) >= 11 is 1.80. The summed E-state index contributed by atoms with van der Waals surface area (Å²) in [5, 5.41) is 4.28. The zero-order chi connectivity index (χ0) is 18.6. The van der Waals surface area contributed by atoms with Crippen LogP contribution in [0.5, 0.6) is 0 Å². The average Bonchev–Trinajstić information content (AvgIpc) is 3.17. The maximum Gasteiger partial charge on any atom is 0.237 e. The highest BCUT2D eigenvalue weighted by atomic mass is 32.1. The fourth-order valence-electron chi connectivity index (χ4n) is 3.72. The number of nitrogens with zero attached hydrogens (tertiary/aromatic N) is 2. The van der Waals surface area contributed by atoms with Crippen molar-refractivity contribution in [2.45, 2.75) is 38.3 Å². The lowest BCUT2D eigenvalue weighted by Crippen LogP contribution is -2.48. The van der Waals surface area contributed by atoms with Gasteiger partial charge in [-0.15, -0.1) is 11.3 Å². The molecule has 2 aromatic carbocycles. The highest BCUT2D eigenvalue weighted by molar-refractivity contribution is 7.18. The highest BCUT2D eigenvalue weighted by Crippen LogP contribution is 2.33. The van der Waals surface area contributed by atoms with E-state index in [0.29, 0.717) is 12.5 Å². The van der Waals surface area contributed by atoms with E-state index in [-0.39, 0.29) is 11.9 Å². The molecule has 0 aliphatic carbocycles. The SMILES string of the molecule is C[C@H](C(=O)NCc1ccccc1)N1CCC[C@H](c2nc3ccccc3s2)C1. The monoisotopic (exact) mass is 379 g/mol. The van der Waals surface area contributed by atoms with Gasteiger partial charge in [0.05, 0.1) is 21.3 Å². The van der Waals surface area contributed by atoms with Crippen molar-refractivity contribution in [3.63, 3.8) is 0 Å². The molecular weight excluding hydrogens is 354 g/mol. The number of likely N-dealkylation sites (tertiary alicyclic amines) is 1. The first-order valence-corrected chi connectivity index (χ1v) is 10.4. The van der Waals surface area contributed by atoms with Gasteiger partial charge in [0, 0.05) is 19.0 Å². The van der Waals surface area contributed by atoms with Gasteiger partial charge in [-0.05, 0) is 44.0 Å². The Kier molecular flexibility index (Phi) is 5.50. The number of fused-ring (bicyclic) bond motifs is 1. The summed E-state index contributed by atoms with van der Waals surface area (Å²) in [6, 6.07) is 18.3. The molecule has 1 N–H and O–H groups in total. The van der Waals surface area contributed by atoms with Crippen LogP contribution >= 0.6 is 11.3 Å². The van der Waals surface area contributed by atoms with Crippen molar-refractivity contribution in [3.05, 3.63) is 65.2 Å². The molecule has 4 rings (SSSR count). The van der Waals surface area contributed by atoms with Gasteiger partial charge in [0.25, 0.3) is 0 Å². The molecule has 0 saturated carbocycles. The number of thiazole rings is 1. The van der Waals surface area contributed by atoms with Gasteiger partial charge in [-0.3, -0.25) is 9.69 Å². The maximum atomic E-state index is 12.6. The normalized spacial score (nSPS) is 19.1. The zero-order valence-corrected chi connectivity index (χ0v) is 16.4. The average molecular weight is 380 g/mol. The van der Waals surface area contributed by atoms with Crippen molar-refractivity contribution in [2.75, 3.05) is 13.1 Å². The van der Waals surface area contributed by atoms with Crippen LogP contribution in [0.25, 0.3) is 10.2 Å². The van der Waals surface area contributed by atoms with Crippen molar-refractivity contribution >= 4 is 27.5 Å². The second-order valence-corrected chi connectivity index (χ2v) is 8.30. The number of hydrogen-bond donors (Lipinski definition) is 1. The van der Waals surface area contributed by atoms with Crippen LogP contribution in [0.3, 0.4) is 0 Å². The van der Waals surface area contributed by atoms with Gasteiger partial charge in [0.2, 0.25) is 5.91 Å². The molecule has 1 fully saturated rings. The fraction of sp³-hybridized carbons (Fsp3) is 0.364. The van der Waals surface area contributed by atoms with E-state index >= 15 is 0 Å². The molecule has 140 valence electrons. The standard InChI is InChI=1S/C22H25N3OS/c1-16(21(26)23-14-17-8-3-2-4-9-17)25-13-7-10-18(15-25)22-24-19-11-5-6-12-20(19)27-22/h2-6,8-9,11-12,16,18H,7,10,13-15H2,1H3,(H,23,26)/t16-,18+/m1/s1. The Bertz CT molecular complexity index is 875. The van der Waals surface area contributed by atoms with Crippen molar-refractivity contribution < 1.29 is 4.79 Å². The molecule has 0 bridgehead atoms. The minimum atomic E-state index is -0.120. The third kappa shape index (κ3) is 4.20. The number of nitrogens with one attached hydrogen (secondary N) is 1. The third-order valence-electron chi connectivity index (χ3n) is 5.35. The molecule has 1 amide bonds. The van der Waals surface area contributed by atoms with Crippen LogP contribution in [0.15, 0.2) is 54.6 Å². The van der Waals surface area contributed by atoms with Crippen molar-refractivity contribution in [1.29, 1.82) is 0 Å². The molecule has 2 heterocycles. The van der Waals surface area contributed by atoms with Crippen LogP contribution in [-0.4, -0.2) is 34.9 Å². The second kappa shape index (κ2) is 8.19. The van der Waals surface area contributed by atoms with E-state index in [1.807, 2.05) is 43.3 Å².